The fourth-order valence-electron chi connectivity index (χ4n) is 0.933. The predicted molar refractivity (Wildman–Crippen MR) is 49.0 cm³/mol. The van der Waals surface area contributed by atoms with Gasteiger partial charge < -0.3 is 0 Å². The Kier molecular flexibility index (Phi) is 2.73. The highest BCUT2D eigenvalue weighted by Crippen LogP contribution is 1.79. The zero-order valence-electron chi connectivity index (χ0n) is 5.80. The standard InChI is InChI=1S/C7H12Si2/c1-8-9-7-5-3-2-4-6-7/h2-6H,8-9H2,1H3. The predicted octanol–water partition coefficient (Wildman–Crippen LogP) is -0.387. The molecule has 0 aliphatic rings. The van der Waals surface area contributed by atoms with Gasteiger partial charge in [-0.15, -0.1) is 0 Å². The van der Waals surface area contributed by atoms with E-state index in [-0.39, 0.29) is 9.04 Å². The average molecular weight is 152 g/mol. The van der Waals surface area contributed by atoms with E-state index in [1.54, 1.807) is 5.19 Å². The molecular weight excluding hydrogens is 140 g/mol. The first-order chi connectivity index (χ1) is 4.43. The van der Waals surface area contributed by atoms with Crippen LogP contribution >= 0.6 is 0 Å². The molecule has 0 aliphatic carbocycles. The summed E-state index contributed by atoms with van der Waals surface area (Å²) in [4.78, 5) is 0. The molecule has 0 amide bonds. The summed E-state index contributed by atoms with van der Waals surface area (Å²) in [5, 5.41) is 1.65. The van der Waals surface area contributed by atoms with E-state index in [0.29, 0.717) is 9.04 Å². The first kappa shape index (κ1) is 6.77. The van der Waals surface area contributed by atoms with Gasteiger partial charge in [0.15, 0.2) is 0 Å². The largest absolute Gasteiger partial charge is 0.0768 e. The minimum atomic E-state index is 0.238. The quantitative estimate of drug-likeness (QED) is 0.507. The Morgan fingerprint density at radius 3 is 2.33 bits per heavy atom. The molecule has 2 heteroatoms. The summed E-state index contributed by atoms with van der Waals surface area (Å²) in [5.41, 5.74) is 0. The van der Waals surface area contributed by atoms with Crippen LogP contribution in [-0.4, -0.2) is 18.1 Å². The van der Waals surface area contributed by atoms with Crippen LogP contribution in [0.3, 0.4) is 0 Å². The maximum absolute atomic E-state index is 2.40. The second kappa shape index (κ2) is 3.64. The van der Waals surface area contributed by atoms with Gasteiger partial charge >= 0.3 is 0 Å². The van der Waals surface area contributed by atoms with E-state index in [2.05, 4.69) is 36.9 Å². The molecule has 1 aromatic rings. The second-order valence-electron chi connectivity index (χ2n) is 2.24. The van der Waals surface area contributed by atoms with Crippen LogP contribution in [-0.2, 0) is 0 Å². The third-order valence-electron chi connectivity index (χ3n) is 1.38. The minimum absolute atomic E-state index is 0.238. The van der Waals surface area contributed by atoms with Gasteiger partial charge in [0.1, 0.15) is 0 Å². The van der Waals surface area contributed by atoms with Gasteiger partial charge in [0, 0.05) is 18.1 Å². The third-order valence-corrected chi connectivity index (χ3v) is 6.16. The second-order valence-corrected chi connectivity index (χ2v) is 9.05. The van der Waals surface area contributed by atoms with Crippen LogP contribution in [0.15, 0.2) is 30.3 Å². The van der Waals surface area contributed by atoms with Crippen LogP contribution in [0.25, 0.3) is 0 Å². The molecular formula is C7H12Si2. The van der Waals surface area contributed by atoms with E-state index in [4.69, 9.17) is 0 Å². The fourth-order valence-corrected chi connectivity index (χ4v) is 4.85. The van der Waals surface area contributed by atoms with E-state index in [0.717, 1.165) is 0 Å². The normalized spacial score (nSPS) is 12.1. The van der Waals surface area contributed by atoms with Crippen molar-refractivity contribution in [3.63, 3.8) is 0 Å². The van der Waals surface area contributed by atoms with Crippen molar-refractivity contribution in [1.29, 1.82) is 0 Å². The highest BCUT2D eigenvalue weighted by Gasteiger charge is 1.86. The lowest BCUT2D eigenvalue weighted by molar-refractivity contribution is 1.77. The molecule has 0 radical (unpaired) electrons. The van der Waals surface area contributed by atoms with Gasteiger partial charge in [-0.25, -0.2) is 0 Å². The van der Waals surface area contributed by atoms with Gasteiger partial charge in [-0.2, -0.15) is 0 Å². The molecule has 0 saturated carbocycles. The van der Waals surface area contributed by atoms with E-state index < -0.39 is 0 Å². The van der Waals surface area contributed by atoms with Crippen LogP contribution in [0.2, 0.25) is 6.55 Å². The van der Waals surface area contributed by atoms with Crippen LogP contribution in [0.5, 0.6) is 0 Å². The molecule has 0 fully saturated rings. The molecule has 0 spiro atoms. The van der Waals surface area contributed by atoms with Crippen LogP contribution < -0.4 is 5.19 Å². The molecule has 0 heterocycles. The number of rotatable bonds is 2. The molecule has 1 rings (SSSR count). The van der Waals surface area contributed by atoms with Crippen molar-refractivity contribution >= 4 is 23.3 Å². The smallest absolute Gasteiger partial charge is 0.0420 e. The lowest BCUT2D eigenvalue weighted by Crippen LogP contribution is -2.17. The molecule has 0 bridgehead atoms. The lowest BCUT2D eigenvalue weighted by atomic mass is 10.4. The van der Waals surface area contributed by atoms with E-state index in [9.17, 15) is 0 Å². The Morgan fingerprint density at radius 2 is 1.78 bits per heavy atom. The summed E-state index contributed by atoms with van der Waals surface area (Å²) in [6.07, 6.45) is 0. The summed E-state index contributed by atoms with van der Waals surface area (Å²) < 4.78 is 0. The van der Waals surface area contributed by atoms with Crippen molar-refractivity contribution < 1.29 is 0 Å². The van der Waals surface area contributed by atoms with Gasteiger partial charge in [-0.1, -0.05) is 42.1 Å². The number of benzene rings is 1. The third kappa shape index (κ3) is 2.16. The SMILES string of the molecule is C[SiH2][SiH2]c1ccccc1. The Bertz CT molecular complexity index is 160. The lowest BCUT2D eigenvalue weighted by Gasteiger charge is -1.92. The maximum atomic E-state index is 2.40. The van der Waals surface area contributed by atoms with Crippen LogP contribution in [0, 0.1) is 0 Å². The van der Waals surface area contributed by atoms with Gasteiger partial charge in [0.05, 0.1) is 0 Å². The molecule has 1 aromatic carbocycles. The summed E-state index contributed by atoms with van der Waals surface area (Å²) in [6.45, 7) is 2.40. The monoisotopic (exact) mass is 152 g/mol. The first-order valence-electron chi connectivity index (χ1n) is 3.47. The molecule has 0 atom stereocenters. The molecule has 0 aromatic heterocycles. The summed E-state index contributed by atoms with van der Waals surface area (Å²) in [7, 11) is 0.592. The molecule has 0 unspecified atom stereocenters. The molecule has 0 aliphatic heterocycles. The van der Waals surface area contributed by atoms with Gasteiger partial charge in [-0.3, -0.25) is 0 Å². The number of hydrogen-bond donors (Lipinski definition) is 0. The molecule has 0 N–H and O–H groups in total. The average Bonchev–Trinajstić information content (AvgIpc) is 1.91. The van der Waals surface area contributed by atoms with Crippen molar-refractivity contribution in [2.45, 2.75) is 6.55 Å². The van der Waals surface area contributed by atoms with Crippen molar-refractivity contribution in [2.24, 2.45) is 0 Å². The van der Waals surface area contributed by atoms with Gasteiger partial charge in [0.2, 0.25) is 0 Å². The topological polar surface area (TPSA) is 0 Å². The van der Waals surface area contributed by atoms with Crippen molar-refractivity contribution in [3.8, 4) is 0 Å². The Morgan fingerprint density at radius 1 is 1.11 bits per heavy atom. The van der Waals surface area contributed by atoms with Gasteiger partial charge in [0.25, 0.3) is 0 Å². The van der Waals surface area contributed by atoms with E-state index >= 15 is 0 Å². The van der Waals surface area contributed by atoms with Crippen molar-refractivity contribution in [1.82, 2.24) is 0 Å². The zero-order valence-corrected chi connectivity index (χ0v) is 8.63. The van der Waals surface area contributed by atoms with Crippen LogP contribution in [0.1, 0.15) is 0 Å². The fraction of sp³-hybridized carbons (Fsp3) is 0.143. The van der Waals surface area contributed by atoms with E-state index in [1.165, 1.54) is 0 Å². The zero-order chi connectivity index (χ0) is 6.53. The first-order valence-corrected chi connectivity index (χ1v) is 9.59. The van der Waals surface area contributed by atoms with Gasteiger partial charge in [-0.05, 0) is 0 Å². The van der Waals surface area contributed by atoms with Crippen molar-refractivity contribution in [2.75, 3.05) is 0 Å². The Balaban J connectivity index is 2.61. The Hall–Kier alpha value is -0.346. The number of hydrogen-bond acceptors (Lipinski definition) is 0. The van der Waals surface area contributed by atoms with Crippen LogP contribution in [0.4, 0.5) is 0 Å². The Labute approximate surface area is 60.7 Å². The molecule has 0 nitrogen and oxygen atoms in total. The summed E-state index contributed by atoms with van der Waals surface area (Å²) in [5.74, 6) is 0. The van der Waals surface area contributed by atoms with E-state index in [1.807, 2.05) is 0 Å². The molecule has 0 saturated heterocycles. The highest BCUT2D eigenvalue weighted by molar-refractivity contribution is 7.06. The molecule has 9 heavy (non-hydrogen) atoms. The molecule has 48 valence electrons. The van der Waals surface area contributed by atoms with Crippen molar-refractivity contribution in [3.05, 3.63) is 30.3 Å². The summed E-state index contributed by atoms with van der Waals surface area (Å²) >= 11 is 0. The summed E-state index contributed by atoms with van der Waals surface area (Å²) in [6, 6.07) is 10.9. The minimum Gasteiger partial charge on any atom is -0.0768 e. The highest BCUT2D eigenvalue weighted by atomic mass is 29.1. The maximum Gasteiger partial charge on any atom is 0.0420 e.